The van der Waals surface area contributed by atoms with E-state index in [1.165, 1.54) is 0 Å². The lowest BCUT2D eigenvalue weighted by Gasteiger charge is -2.18. The predicted octanol–water partition coefficient (Wildman–Crippen LogP) is 3.67. The highest BCUT2D eigenvalue weighted by molar-refractivity contribution is 7.99. The number of alkyl halides is 2. The summed E-state index contributed by atoms with van der Waals surface area (Å²) in [5, 5.41) is 12.2. The van der Waals surface area contributed by atoms with Gasteiger partial charge in [0.15, 0.2) is 0 Å². The molecule has 0 aliphatic rings. The smallest absolute Gasteiger partial charge is 0.288 e. The maximum absolute atomic E-state index is 12.2. The summed E-state index contributed by atoms with van der Waals surface area (Å²) in [6, 6.07) is 7.37. The zero-order valence-corrected chi connectivity index (χ0v) is 12.1. The van der Waals surface area contributed by atoms with Crippen LogP contribution in [0.1, 0.15) is 31.9 Å². The summed E-state index contributed by atoms with van der Waals surface area (Å²) in [6.45, 7) is 5.16. The monoisotopic (exact) mass is 289 g/mol. The summed E-state index contributed by atoms with van der Waals surface area (Å²) in [5.74, 6) is -1.96. The van der Waals surface area contributed by atoms with Crippen LogP contribution >= 0.6 is 11.8 Å². The number of halogens is 2. The van der Waals surface area contributed by atoms with E-state index in [2.05, 4.69) is 12.2 Å². The lowest BCUT2D eigenvalue weighted by atomic mass is 10.1. The Morgan fingerprint density at radius 2 is 1.84 bits per heavy atom. The third-order valence-corrected chi connectivity index (χ3v) is 3.72. The summed E-state index contributed by atoms with van der Waals surface area (Å²) in [4.78, 5) is 0.583. The molecule has 1 rings (SSSR count). The average Bonchev–Trinajstić information content (AvgIpc) is 2.36. The molecule has 2 unspecified atom stereocenters. The van der Waals surface area contributed by atoms with Crippen molar-refractivity contribution in [1.82, 2.24) is 5.32 Å². The minimum atomic E-state index is -2.37. The van der Waals surface area contributed by atoms with Crippen molar-refractivity contribution < 1.29 is 13.9 Å². The van der Waals surface area contributed by atoms with Crippen LogP contribution in [0.2, 0.25) is 0 Å². The fraction of sp³-hybridized carbons (Fsp3) is 0.571. The quantitative estimate of drug-likeness (QED) is 0.716. The Kier molecular flexibility index (Phi) is 7.34. The summed E-state index contributed by atoms with van der Waals surface area (Å²) in [6.07, 6.45) is 0.781. The molecule has 1 aromatic rings. The second-order valence-corrected chi connectivity index (χ2v) is 5.76. The standard InChI is InChI=1S/C14H21F2NOS/c1-10(7-8-18)9-17-11(2)12-3-5-13(6-4-12)19-14(15)16/h3-6,10-11,14,17-18H,7-9H2,1-2H3. The summed E-state index contributed by atoms with van der Waals surface area (Å²) in [7, 11) is 0. The fourth-order valence-electron chi connectivity index (χ4n) is 1.76. The zero-order valence-electron chi connectivity index (χ0n) is 11.3. The molecule has 19 heavy (non-hydrogen) atoms. The Labute approximate surface area is 117 Å². The maximum Gasteiger partial charge on any atom is 0.288 e. The molecule has 2 atom stereocenters. The first-order valence-corrected chi connectivity index (χ1v) is 7.30. The van der Waals surface area contributed by atoms with Gasteiger partial charge in [0.1, 0.15) is 0 Å². The van der Waals surface area contributed by atoms with Crippen LogP contribution < -0.4 is 5.32 Å². The molecule has 0 radical (unpaired) electrons. The van der Waals surface area contributed by atoms with Crippen molar-refractivity contribution in [2.24, 2.45) is 5.92 Å². The van der Waals surface area contributed by atoms with Gasteiger partial charge >= 0.3 is 0 Å². The molecule has 1 aromatic carbocycles. The molecular formula is C14H21F2NOS. The second kappa shape index (κ2) is 8.51. The summed E-state index contributed by atoms with van der Waals surface area (Å²) in [5.41, 5.74) is 1.08. The normalized spacial score (nSPS) is 14.6. The van der Waals surface area contributed by atoms with Crippen LogP contribution in [0.3, 0.4) is 0 Å². The molecule has 0 amide bonds. The van der Waals surface area contributed by atoms with Crippen LogP contribution in [0.25, 0.3) is 0 Å². The molecule has 0 aliphatic heterocycles. The number of hydrogen-bond acceptors (Lipinski definition) is 3. The average molecular weight is 289 g/mol. The minimum absolute atomic E-state index is 0.173. The van der Waals surface area contributed by atoms with E-state index < -0.39 is 5.76 Å². The van der Waals surface area contributed by atoms with Gasteiger partial charge in [-0.15, -0.1) is 0 Å². The Hall–Kier alpha value is -0.650. The lowest BCUT2D eigenvalue weighted by Crippen LogP contribution is -2.24. The molecule has 0 heterocycles. The molecule has 5 heteroatoms. The van der Waals surface area contributed by atoms with Gasteiger partial charge < -0.3 is 10.4 Å². The molecule has 0 saturated heterocycles. The molecule has 2 N–H and O–H groups in total. The number of thioether (sulfide) groups is 1. The fourth-order valence-corrected chi connectivity index (χ4v) is 2.26. The van der Waals surface area contributed by atoms with Gasteiger partial charge in [-0.3, -0.25) is 0 Å². The van der Waals surface area contributed by atoms with Crippen LogP contribution in [0.4, 0.5) is 8.78 Å². The van der Waals surface area contributed by atoms with Gasteiger partial charge in [0.25, 0.3) is 5.76 Å². The molecule has 2 nitrogen and oxygen atoms in total. The number of nitrogens with one attached hydrogen (secondary N) is 1. The number of aliphatic hydroxyl groups excluding tert-OH is 1. The first-order valence-electron chi connectivity index (χ1n) is 6.42. The van der Waals surface area contributed by atoms with E-state index >= 15 is 0 Å². The van der Waals surface area contributed by atoms with Crippen molar-refractivity contribution >= 4 is 11.8 Å². The zero-order chi connectivity index (χ0) is 14.3. The third-order valence-electron chi connectivity index (χ3n) is 3.00. The molecule has 0 aliphatic carbocycles. The van der Waals surface area contributed by atoms with Gasteiger partial charge in [0.2, 0.25) is 0 Å². The number of hydrogen-bond donors (Lipinski definition) is 2. The van der Waals surface area contributed by atoms with Crippen molar-refractivity contribution in [2.45, 2.75) is 37.0 Å². The summed E-state index contributed by atoms with van der Waals surface area (Å²) >= 11 is 0.562. The molecule has 0 fully saturated rings. The van der Waals surface area contributed by atoms with Gasteiger partial charge in [0.05, 0.1) is 0 Å². The van der Waals surface area contributed by atoms with Crippen LogP contribution in [-0.2, 0) is 0 Å². The van der Waals surface area contributed by atoms with Crippen LogP contribution in [0.5, 0.6) is 0 Å². The van der Waals surface area contributed by atoms with E-state index in [0.717, 1.165) is 18.5 Å². The van der Waals surface area contributed by atoms with E-state index in [4.69, 9.17) is 5.11 Å². The topological polar surface area (TPSA) is 32.3 Å². The van der Waals surface area contributed by atoms with Crippen molar-refractivity contribution in [1.29, 1.82) is 0 Å². The first kappa shape index (κ1) is 16.4. The van der Waals surface area contributed by atoms with Crippen LogP contribution in [0.15, 0.2) is 29.2 Å². The van der Waals surface area contributed by atoms with Crippen molar-refractivity contribution in [3.63, 3.8) is 0 Å². The Bertz CT molecular complexity index is 359. The van der Waals surface area contributed by atoms with E-state index in [1.807, 2.05) is 19.1 Å². The second-order valence-electron chi connectivity index (χ2n) is 4.69. The van der Waals surface area contributed by atoms with Gasteiger partial charge in [-0.05, 0) is 43.5 Å². The minimum Gasteiger partial charge on any atom is -0.396 e. The largest absolute Gasteiger partial charge is 0.396 e. The Morgan fingerprint density at radius 3 is 2.37 bits per heavy atom. The van der Waals surface area contributed by atoms with E-state index in [0.29, 0.717) is 22.6 Å². The van der Waals surface area contributed by atoms with Gasteiger partial charge in [-0.1, -0.05) is 30.8 Å². The highest BCUT2D eigenvalue weighted by atomic mass is 32.2. The number of benzene rings is 1. The van der Waals surface area contributed by atoms with E-state index in [1.54, 1.807) is 12.1 Å². The van der Waals surface area contributed by atoms with Crippen molar-refractivity contribution in [2.75, 3.05) is 13.2 Å². The highest BCUT2D eigenvalue weighted by Crippen LogP contribution is 2.26. The molecule has 0 saturated carbocycles. The third kappa shape index (κ3) is 6.36. The lowest BCUT2D eigenvalue weighted by molar-refractivity contribution is 0.252. The first-order chi connectivity index (χ1) is 9.02. The van der Waals surface area contributed by atoms with E-state index in [9.17, 15) is 8.78 Å². The predicted molar refractivity (Wildman–Crippen MR) is 75.6 cm³/mol. The molecule has 0 aromatic heterocycles. The van der Waals surface area contributed by atoms with Gasteiger partial charge in [-0.2, -0.15) is 8.78 Å². The number of rotatable bonds is 8. The SMILES string of the molecule is CC(CCO)CNC(C)c1ccc(SC(F)F)cc1. The molecule has 108 valence electrons. The molecular weight excluding hydrogens is 268 g/mol. The van der Waals surface area contributed by atoms with Crippen molar-refractivity contribution in [3.8, 4) is 0 Å². The van der Waals surface area contributed by atoms with E-state index in [-0.39, 0.29) is 12.6 Å². The van der Waals surface area contributed by atoms with Gasteiger partial charge in [0, 0.05) is 17.5 Å². The van der Waals surface area contributed by atoms with Crippen LogP contribution in [-0.4, -0.2) is 24.0 Å². The summed E-state index contributed by atoms with van der Waals surface area (Å²) < 4.78 is 24.4. The maximum atomic E-state index is 12.2. The number of aliphatic hydroxyl groups is 1. The van der Waals surface area contributed by atoms with Gasteiger partial charge in [-0.25, -0.2) is 0 Å². The molecule has 0 spiro atoms. The highest BCUT2D eigenvalue weighted by Gasteiger charge is 2.09. The Morgan fingerprint density at radius 1 is 1.21 bits per heavy atom. The van der Waals surface area contributed by atoms with Crippen molar-refractivity contribution in [3.05, 3.63) is 29.8 Å². The molecule has 0 bridgehead atoms. The van der Waals surface area contributed by atoms with Crippen LogP contribution in [0, 0.1) is 5.92 Å². The Balaban J connectivity index is 2.46.